The maximum atomic E-state index is 5.22. The van der Waals surface area contributed by atoms with E-state index in [4.69, 9.17) is 2.85 Å². The van der Waals surface area contributed by atoms with Crippen molar-refractivity contribution >= 4 is 10.9 Å². The molecule has 0 aliphatic heterocycles. The van der Waals surface area contributed by atoms with E-state index in [0.717, 1.165) is 41.5 Å². The third-order valence-electron chi connectivity index (χ3n) is 1.70. The summed E-state index contributed by atoms with van der Waals surface area (Å²) in [4.78, 5) is 4.23. The van der Waals surface area contributed by atoms with Crippen LogP contribution in [0.25, 0.3) is 10.9 Å². The zero-order chi connectivity index (χ0) is 8.39. The Bertz CT molecular complexity index is 413. The van der Waals surface area contributed by atoms with E-state index >= 15 is 0 Å². The summed E-state index contributed by atoms with van der Waals surface area (Å²) in [6.45, 7) is 0. The van der Waals surface area contributed by atoms with E-state index in [2.05, 4.69) is 4.98 Å². The first-order valence-corrected chi connectivity index (χ1v) is 5.05. The fourth-order valence-electron chi connectivity index (χ4n) is 1.11. The van der Waals surface area contributed by atoms with Gasteiger partial charge in [-0.15, -0.1) is 0 Å². The molecule has 2 rings (SSSR count). The van der Waals surface area contributed by atoms with Gasteiger partial charge in [-0.25, -0.2) is 0 Å². The number of hydrogen-bond acceptors (Lipinski definition) is 2. The Morgan fingerprint density at radius 1 is 1.07 bits per heavy atom. The second-order valence-electron chi connectivity index (χ2n) is 2.46. The molecular weight excluding hydrogens is 556 g/mol. The number of benzene rings is 1. The quantitative estimate of drug-likeness (QED) is 0.323. The molecule has 1 heterocycles. The molecule has 0 bridgehead atoms. The van der Waals surface area contributed by atoms with Gasteiger partial charge in [-0.05, 0) is 0 Å². The summed E-state index contributed by atoms with van der Waals surface area (Å²) in [6.07, 6.45) is 1.79. The van der Waals surface area contributed by atoms with Crippen LogP contribution in [0.15, 0.2) is 36.5 Å². The Hall–Kier alpha value is 0.740. The number of hydrogen-bond donors (Lipinski definition) is 0. The molecule has 0 saturated heterocycles. The first kappa shape index (κ1) is 18.1. The summed E-state index contributed by atoms with van der Waals surface area (Å²) in [5.41, 5.74) is 0.992. The average molecular weight is 562 g/mol. The Balaban J connectivity index is 0. The molecule has 0 saturated carbocycles. The van der Waals surface area contributed by atoms with E-state index in [1.807, 2.05) is 30.3 Å². The van der Waals surface area contributed by atoms with Crippen LogP contribution in [-0.4, -0.2) is 4.98 Å². The number of rotatable bonds is 1. The molecule has 0 N–H and O–H groups in total. The van der Waals surface area contributed by atoms with E-state index in [-0.39, 0.29) is 50.9 Å². The van der Waals surface area contributed by atoms with Gasteiger partial charge < -0.3 is 50.9 Å². The van der Waals surface area contributed by atoms with Crippen molar-refractivity contribution in [3.05, 3.63) is 36.5 Å². The zero-order valence-corrected chi connectivity index (χ0v) is 15.8. The average Bonchev–Trinajstić information content (AvgIpc) is 2.17. The molecule has 1 aromatic carbocycles. The van der Waals surface area contributed by atoms with Crippen LogP contribution in [-0.2, 0) is 24.8 Å². The summed E-state index contributed by atoms with van der Waals surface area (Å²) in [7, 11) is 0. The summed E-state index contributed by atoms with van der Waals surface area (Å²) in [5, 5.41) is 1.15. The van der Waals surface area contributed by atoms with E-state index in [1.165, 1.54) is 0 Å². The van der Waals surface area contributed by atoms with Crippen LogP contribution in [0.1, 0.15) is 0 Å². The first-order valence-electron chi connectivity index (χ1n) is 3.58. The Morgan fingerprint density at radius 2 is 1.80 bits per heavy atom. The molecule has 0 spiro atoms. The Kier molecular flexibility index (Phi) is 10.7. The molecule has 0 radical (unpaired) electrons. The van der Waals surface area contributed by atoms with Crippen LogP contribution < -0.4 is 53.8 Å². The van der Waals surface area contributed by atoms with E-state index in [1.54, 1.807) is 6.20 Å². The molecule has 2 nitrogen and oxygen atoms in total. The van der Waals surface area contributed by atoms with Gasteiger partial charge in [0, 0.05) is 0 Å². The molecule has 0 aliphatic carbocycles. The van der Waals surface area contributed by atoms with Gasteiger partial charge in [-0.3, -0.25) is 0 Å². The standard InChI is InChI=1S/C9H7NO.3BrH.Hf/c11-8-4-3-7-2-1-5-10-9(7)6-8;;;;/h1-6,11H;3*1H;/q;;;;+4/p-4. The second kappa shape index (κ2) is 8.84. The summed E-state index contributed by atoms with van der Waals surface area (Å²) >= 11 is 0.725. The molecule has 0 unspecified atom stereocenters. The van der Waals surface area contributed by atoms with Gasteiger partial charge in [0.25, 0.3) is 0 Å². The van der Waals surface area contributed by atoms with E-state index < -0.39 is 0 Å². The van der Waals surface area contributed by atoms with Gasteiger partial charge in [-0.1, -0.05) is 0 Å². The van der Waals surface area contributed by atoms with Crippen molar-refractivity contribution in [2.45, 2.75) is 0 Å². The monoisotopic (exact) mass is 561 g/mol. The molecule has 0 amide bonds. The zero-order valence-electron chi connectivity index (χ0n) is 7.45. The van der Waals surface area contributed by atoms with Crippen molar-refractivity contribution in [2.75, 3.05) is 0 Å². The molecule has 1 aromatic heterocycles. The van der Waals surface area contributed by atoms with Gasteiger partial charge in [0.2, 0.25) is 0 Å². The van der Waals surface area contributed by atoms with Crippen molar-refractivity contribution < 1.29 is 78.6 Å². The molecule has 2 aromatic rings. The van der Waals surface area contributed by atoms with Gasteiger partial charge in [0.15, 0.2) is 0 Å². The van der Waals surface area contributed by atoms with Gasteiger partial charge in [0.05, 0.1) is 0 Å². The number of aromatic nitrogens is 1. The van der Waals surface area contributed by atoms with Crippen LogP contribution in [0.2, 0.25) is 0 Å². The molecule has 0 atom stereocenters. The van der Waals surface area contributed by atoms with Crippen molar-refractivity contribution in [2.24, 2.45) is 0 Å². The predicted molar refractivity (Wildman–Crippen MR) is 42.4 cm³/mol. The maximum absolute atomic E-state index is 5.22. The number of halogens is 3. The molecule has 0 fully saturated rings. The molecular formula is C9H6Br3HfNO. The summed E-state index contributed by atoms with van der Waals surface area (Å²) < 4.78 is 5.22. The molecule has 78 valence electrons. The Labute approximate surface area is 135 Å². The fraction of sp³-hybridized carbons (Fsp3) is 0. The van der Waals surface area contributed by atoms with Crippen LogP contribution in [0, 0.1) is 0 Å². The van der Waals surface area contributed by atoms with Crippen LogP contribution in [0.3, 0.4) is 0 Å². The first-order chi connectivity index (χ1) is 5.90. The number of nitrogens with zero attached hydrogens (tertiary/aromatic N) is 1. The minimum absolute atomic E-state index is 0. The van der Waals surface area contributed by atoms with Gasteiger partial charge in [0.1, 0.15) is 0 Å². The molecule has 0 aliphatic rings. The van der Waals surface area contributed by atoms with Crippen molar-refractivity contribution in [3.8, 4) is 5.75 Å². The predicted octanol–water partition coefficient (Wildman–Crippen LogP) is -6.91. The van der Waals surface area contributed by atoms with Crippen LogP contribution in [0.5, 0.6) is 5.75 Å². The minimum atomic E-state index is 0. The topological polar surface area (TPSA) is 22.1 Å². The second-order valence-corrected chi connectivity index (χ2v) is 3.19. The van der Waals surface area contributed by atoms with Crippen molar-refractivity contribution in [1.29, 1.82) is 0 Å². The van der Waals surface area contributed by atoms with E-state index in [0.29, 0.717) is 0 Å². The van der Waals surface area contributed by atoms with E-state index in [9.17, 15) is 0 Å². The fourth-order valence-corrected chi connectivity index (χ4v) is 1.57. The normalized spacial score (nSPS) is 8.13. The molecule has 6 heteroatoms. The molecule has 15 heavy (non-hydrogen) atoms. The number of pyridine rings is 1. The van der Waals surface area contributed by atoms with Gasteiger partial charge in [-0.2, -0.15) is 0 Å². The summed E-state index contributed by atoms with van der Waals surface area (Å²) in [6, 6.07) is 9.93. The third kappa shape index (κ3) is 4.63. The number of fused-ring (bicyclic) bond motifs is 1. The summed E-state index contributed by atoms with van der Waals surface area (Å²) in [5.74, 6) is 0.910. The van der Waals surface area contributed by atoms with Crippen LogP contribution >= 0.6 is 0 Å². The Morgan fingerprint density at radius 3 is 2.47 bits per heavy atom. The van der Waals surface area contributed by atoms with Crippen molar-refractivity contribution in [1.82, 2.24) is 4.98 Å². The van der Waals surface area contributed by atoms with Crippen LogP contribution in [0.4, 0.5) is 0 Å². The van der Waals surface area contributed by atoms with Gasteiger partial charge >= 0.3 is 85.8 Å². The SMILES string of the molecule is [Br-].[Br-].[Br-].[Hf+3][O]c1ccc2cccnc2c1. The third-order valence-corrected chi connectivity index (χ3v) is 2.54. The van der Waals surface area contributed by atoms with Crippen molar-refractivity contribution in [3.63, 3.8) is 0 Å².